The Bertz CT molecular complexity index is 1150. The first kappa shape index (κ1) is 22.8. The molecule has 7 heteroatoms. The maximum atomic E-state index is 13.7. The fraction of sp³-hybridized carbons (Fsp3) is 0.269. The predicted molar refractivity (Wildman–Crippen MR) is 130 cm³/mol. The zero-order chi connectivity index (χ0) is 23.5. The van der Waals surface area contributed by atoms with Crippen LogP contribution in [-0.2, 0) is 4.79 Å². The number of benzene rings is 2. The topological polar surface area (TPSA) is 62.7 Å². The van der Waals surface area contributed by atoms with E-state index in [2.05, 4.69) is 4.98 Å². The molecule has 0 aliphatic carbocycles. The summed E-state index contributed by atoms with van der Waals surface area (Å²) in [6.45, 7) is 4.47. The highest BCUT2D eigenvalue weighted by Crippen LogP contribution is 2.40. The summed E-state index contributed by atoms with van der Waals surface area (Å²) in [6, 6.07) is 18.1. The van der Waals surface area contributed by atoms with Crippen molar-refractivity contribution in [2.24, 2.45) is 0 Å². The van der Waals surface area contributed by atoms with Gasteiger partial charge in [0.1, 0.15) is 0 Å². The molecule has 1 aliphatic heterocycles. The third kappa shape index (κ3) is 4.44. The van der Waals surface area contributed by atoms with Gasteiger partial charge >= 0.3 is 0 Å². The van der Waals surface area contributed by atoms with Gasteiger partial charge in [-0.15, -0.1) is 0 Å². The summed E-state index contributed by atoms with van der Waals surface area (Å²) < 4.78 is 5.10. The molecule has 33 heavy (non-hydrogen) atoms. The molecule has 0 unspecified atom stereocenters. The molecular formula is C26H26ClN3O3. The van der Waals surface area contributed by atoms with E-state index in [0.717, 1.165) is 16.9 Å². The van der Waals surface area contributed by atoms with Crippen molar-refractivity contribution in [2.45, 2.75) is 32.2 Å². The smallest absolute Gasteiger partial charge is 0.260 e. The lowest BCUT2D eigenvalue weighted by molar-refractivity contribution is -0.120. The number of likely N-dealkylation sites (N-methyl/N-ethyl adjacent to an activating group) is 1. The fourth-order valence-corrected chi connectivity index (χ4v) is 4.52. The van der Waals surface area contributed by atoms with Crippen LogP contribution < -0.4 is 14.5 Å². The van der Waals surface area contributed by atoms with Gasteiger partial charge in [-0.1, -0.05) is 29.8 Å². The van der Waals surface area contributed by atoms with E-state index in [4.69, 9.17) is 16.3 Å². The van der Waals surface area contributed by atoms with Crippen LogP contribution in [0.1, 0.15) is 42.1 Å². The molecule has 1 aromatic heterocycles. The monoisotopic (exact) mass is 463 g/mol. The molecule has 0 spiro atoms. The minimum atomic E-state index is -0.357. The van der Waals surface area contributed by atoms with Crippen molar-refractivity contribution in [1.82, 2.24) is 4.98 Å². The Kier molecular flexibility index (Phi) is 6.65. The summed E-state index contributed by atoms with van der Waals surface area (Å²) in [5.74, 6) is -0.0468. The maximum Gasteiger partial charge on any atom is 0.260 e. The van der Waals surface area contributed by atoms with Crippen LogP contribution in [0, 0.1) is 0 Å². The van der Waals surface area contributed by atoms with E-state index in [0.29, 0.717) is 29.4 Å². The highest BCUT2D eigenvalue weighted by atomic mass is 35.5. The van der Waals surface area contributed by atoms with E-state index in [9.17, 15) is 9.59 Å². The number of methoxy groups -OCH3 is 1. The number of carbonyl (C=O) groups is 2. The van der Waals surface area contributed by atoms with Crippen molar-refractivity contribution in [3.05, 3.63) is 83.0 Å². The Hall–Kier alpha value is -3.38. The first-order valence-corrected chi connectivity index (χ1v) is 11.3. The average molecular weight is 464 g/mol. The van der Waals surface area contributed by atoms with E-state index < -0.39 is 0 Å². The molecule has 1 aliphatic rings. The number of para-hydroxylation sites is 1. The number of fused-ring (bicyclic) bond motifs is 1. The number of nitrogens with zero attached hydrogens (tertiary/aromatic N) is 3. The van der Waals surface area contributed by atoms with Gasteiger partial charge in [-0.2, -0.15) is 0 Å². The van der Waals surface area contributed by atoms with E-state index in [-0.39, 0.29) is 23.8 Å². The minimum absolute atomic E-state index is 0.0114. The summed E-state index contributed by atoms with van der Waals surface area (Å²) >= 11 is 6.03. The number of amides is 2. The van der Waals surface area contributed by atoms with Gasteiger partial charge in [-0.05, 0) is 62.2 Å². The zero-order valence-electron chi connectivity index (χ0n) is 18.9. The van der Waals surface area contributed by atoms with Crippen LogP contribution in [-0.4, -0.2) is 36.5 Å². The van der Waals surface area contributed by atoms with E-state index in [1.165, 1.54) is 13.3 Å². The molecule has 0 radical (unpaired) electrons. The van der Waals surface area contributed by atoms with Gasteiger partial charge < -0.3 is 14.5 Å². The third-order valence-corrected chi connectivity index (χ3v) is 6.27. The van der Waals surface area contributed by atoms with Crippen LogP contribution >= 0.6 is 11.6 Å². The lowest BCUT2D eigenvalue weighted by atomic mass is 9.84. The third-order valence-electron chi connectivity index (χ3n) is 6.02. The molecule has 170 valence electrons. The number of hydrogen-bond acceptors (Lipinski definition) is 4. The molecule has 2 atom stereocenters. The van der Waals surface area contributed by atoms with Gasteiger partial charge in [0.25, 0.3) is 5.91 Å². The Balaban J connectivity index is 1.68. The first-order valence-electron chi connectivity index (χ1n) is 10.9. The van der Waals surface area contributed by atoms with Gasteiger partial charge in [-0.3, -0.25) is 9.59 Å². The molecular weight excluding hydrogens is 438 g/mol. The lowest BCUT2D eigenvalue weighted by Crippen LogP contribution is -2.46. The molecule has 3 aromatic rings. The molecule has 0 bridgehead atoms. The molecule has 2 heterocycles. The number of anilines is 2. The summed E-state index contributed by atoms with van der Waals surface area (Å²) in [7, 11) is 1.54. The molecule has 0 N–H and O–H groups in total. The molecule has 2 amide bonds. The Morgan fingerprint density at radius 2 is 1.85 bits per heavy atom. The molecule has 2 aromatic carbocycles. The van der Waals surface area contributed by atoms with Gasteiger partial charge in [0.05, 0.1) is 18.6 Å². The largest absolute Gasteiger partial charge is 0.481 e. The van der Waals surface area contributed by atoms with Crippen molar-refractivity contribution in [1.29, 1.82) is 0 Å². The van der Waals surface area contributed by atoms with Crippen LogP contribution in [0.5, 0.6) is 5.88 Å². The second-order valence-electron chi connectivity index (χ2n) is 8.02. The standard InChI is InChI=1S/C26H26ClN3O3/c1-4-29(20-12-10-19(27)11-13-20)26(32)22-15-17(2)30(23-8-6-5-7-21(22)23)25(31)18-9-14-24(33-3)28-16-18/h5-14,16-17,22H,4,15H2,1-3H3/t17-,22+/m1/s1. The molecule has 4 rings (SSSR count). The second-order valence-corrected chi connectivity index (χ2v) is 8.46. The Morgan fingerprint density at radius 1 is 1.12 bits per heavy atom. The normalized spacial score (nSPS) is 17.3. The summed E-state index contributed by atoms with van der Waals surface area (Å²) in [5.41, 5.74) is 2.88. The SMILES string of the molecule is CCN(C(=O)[C@H]1C[C@@H](C)N(C(=O)c2ccc(OC)nc2)c2ccccc21)c1ccc(Cl)cc1. The molecule has 0 saturated heterocycles. The van der Waals surface area contributed by atoms with Crippen molar-refractivity contribution < 1.29 is 14.3 Å². The van der Waals surface area contributed by atoms with Gasteiger partial charge in [0.15, 0.2) is 0 Å². The van der Waals surface area contributed by atoms with Gasteiger partial charge in [0.2, 0.25) is 11.8 Å². The summed E-state index contributed by atoms with van der Waals surface area (Å²) in [4.78, 5) is 34.8. The van der Waals surface area contributed by atoms with Gasteiger partial charge in [0, 0.05) is 41.2 Å². The van der Waals surface area contributed by atoms with Crippen molar-refractivity contribution in [3.8, 4) is 5.88 Å². The number of rotatable bonds is 5. The van der Waals surface area contributed by atoms with Gasteiger partial charge in [-0.25, -0.2) is 4.98 Å². The van der Waals surface area contributed by atoms with Crippen LogP contribution in [0.3, 0.4) is 0 Å². The van der Waals surface area contributed by atoms with Crippen LogP contribution in [0.2, 0.25) is 5.02 Å². The molecule has 0 fully saturated rings. The quantitative estimate of drug-likeness (QED) is 0.513. The highest BCUT2D eigenvalue weighted by molar-refractivity contribution is 6.30. The van der Waals surface area contributed by atoms with Crippen molar-refractivity contribution in [3.63, 3.8) is 0 Å². The molecule has 0 saturated carbocycles. The van der Waals surface area contributed by atoms with Crippen LogP contribution in [0.25, 0.3) is 0 Å². The van der Waals surface area contributed by atoms with Crippen LogP contribution in [0.4, 0.5) is 11.4 Å². The van der Waals surface area contributed by atoms with Crippen LogP contribution in [0.15, 0.2) is 66.9 Å². The lowest BCUT2D eigenvalue weighted by Gasteiger charge is -2.40. The average Bonchev–Trinajstić information content (AvgIpc) is 2.84. The number of halogens is 1. The highest BCUT2D eigenvalue weighted by Gasteiger charge is 2.38. The summed E-state index contributed by atoms with van der Waals surface area (Å²) in [6.07, 6.45) is 2.04. The Morgan fingerprint density at radius 3 is 2.48 bits per heavy atom. The number of carbonyl (C=O) groups excluding carboxylic acids is 2. The van der Waals surface area contributed by atoms with Crippen molar-refractivity contribution >= 4 is 34.8 Å². The first-order chi connectivity index (χ1) is 15.9. The summed E-state index contributed by atoms with van der Waals surface area (Å²) in [5, 5.41) is 0.626. The number of aromatic nitrogens is 1. The Labute approximate surface area is 198 Å². The number of hydrogen-bond donors (Lipinski definition) is 0. The second kappa shape index (κ2) is 9.63. The van der Waals surface area contributed by atoms with E-state index >= 15 is 0 Å². The minimum Gasteiger partial charge on any atom is -0.481 e. The van der Waals surface area contributed by atoms with E-state index in [1.807, 2.05) is 50.2 Å². The van der Waals surface area contributed by atoms with E-state index in [1.54, 1.807) is 34.1 Å². The predicted octanol–water partition coefficient (Wildman–Crippen LogP) is 5.32. The number of ether oxygens (including phenoxy) is 1. The number of pyridine rings is 1. The molecule has 6 nitrogen and oxygen atoms in total. The fourth-order valence-electron chi connectivity index (χ4n) is 4.40. The maximum absolute atomic E-state index is 13.7. The zero-order valence-corrected chi connectivity index (χ0v) is 19.6. The van der Waals surface area contributed by atoms with Crippen molar-refractivity contribution in [2.75, 3.05) is 23.5 Å².